The molecule has 0 aromatic rings. The average Bonchev–Trinajstić information content (AvgIpc) is 2.38. The topological polar surface area (TPSA) is 38.7 Å². The van der Waals surface area contributed by atoms with Gasteiger partial charge in [0.2, 0.25) is 0 Å². The van der Waals surface area contributed by atoms with E-state index in [1.54, 1.807) is 0 Å². The molecule has 0 amide bonds. The van der Waals surface area contributed by atoms with E-state index < -0.39 is 12.4 Å². The Labute approximate surface area is 105 Å². The van der Waals surface area contributed by atoms with Gasteiger partial charge in [-0.3, -0.25) is 0 Å². The Morgan fingerprint density at radius 3 is 2.29 bits per heavy atom. The molecule has 0 bridgehead atoms. The van der Waals surface area contributed by atoms with Crippen molar-refractivity contribution in [1.29, 1.82) is 0 Å². The normalized spacial score (nSPS) is 27.4. The first-order valence-corrected chi connectivity index (χ1v) is 7.14. The quantitative estimate of drug-likeness (QED) is 0.700. The highest BCUT2D eigenvalue weighted by molar-refractivity contribution is 4.79. The molecule has 1 aliphatic rings. The molecule has 1 N–H and O–H groups in total. The van der Waals surface area contributed by atoms with Crippen LogP contribution in [0.5, 0.6) is 0 Å². The smallest absolute Gasteiger partial charge is 0.183 e. The lowest BCUT2D eigenvalue weighted by Gasteiger charge is -2.34. The van der Waals surface area contributed by atoms with Crippen LogP contribution in [-0.4, -0.2) is 30.7 Å². The average molecular weight is 244 g/mol. The molecule has 1 aliphatic carbocycles. The maximum absolute atomic E-state index is 10.4. The maximum Gasteiger partial charge on any atom is 0.183 e. The Hall–Kier alpha value is -0.120. The highest BCUT2D eigenvalue weighted by Crippen LogP contribution is 2.34. The summed E-state index contributed by atoms with van der Waals surface area (Å²) in [4.78, 5) is 0. The molecular formula is C14H28O3. The SMILES string of the molecule is CCOC(OCC)C(O)C1CCCC(CC)C1. The molecule has 1 saturated carbocycles. The lowest BCUT2D eigenvalue weighted by molar-refractivity contribution is -0.205. The van der Waals surface area contributed by atoms with Gasteiger partial charge in [-0.05, 0) is 38.5 Å². The number of hydrogen-bond acceptors (Lipinski definition) is 3. The fourth-order valence-corrected chi connectivity index (χ4v) is 2.81. The van der Waals surface area contributed by atoms with Gasteiger partial charge in [-0.25, -0.2) is 0 Å². The van der Waals surface area contributed by atoms with Crippen LogP contribution in [0.15, 0.2) is 0 Å². The van der Waals surface area contributed by atoms with Crippen molar-refractivity contribution < 1.29 is 14.6 Å². The van der Waals surface area contributed by atoms with E-state index in [0.29, 0.717) is 19.1 Å². The summed E-state index contributed by atoms with van der Waals surface area (Å²) in [7, 11) is 0. The van der Waals surface area contributed by atoms with Crippen LogP contribution in [0.3, 0.4) is 0 Å². The van der Waals surface area contributed by atoms with Gasteiger partial charge in [0.05, 0.1) is 0 Å². The predicted molar refractivity (Wildman–Crippen MR) is 68.8 cm³/mol. The van der Waals surface area contributed by atoms with E-state index in [-0.39, 0.29) is 0 Å². The van der Waals surface area contributed by atoms with Crippen molar-refractivity contribution in [3.05, 3.63) is 0 Å². The molecule has 0 aromatic carbocycles. The van der Waals surface area contributed by atoms with Gasteiger partial charge in [0.1, 0.15) is 6.10 Å². The van der Waals surface area contributed by atoms with E-state index in [0.717, 1.165) is 18.8 Å². The van der Waals surface area contributed by atoms with E-state index in [4.69, 9.17) is 9.47 Å². The highest BCUT2D eigenvalue weighted by Gasteiger charge is 2.32. The van der Waals surface area contributed by atoms with E-state index >= 15 is 0 Å². The lowest BCUT2D eigenvalue weighted by Crippen LogP contribution is -2.39. The molecule has 0 aromatic heterocycles. The van der Waals surface area contributed by atoms with Crippen molar-refractivity contribution in [1.82, 2.24) is 0 Å². The van der Waals surface area contributed by atoms with Gasteiger partial charge in [0, 0.05) is 13.2 Å². The first-order valence-electron chi connectivity index (χ1n) is 7.14. The minimum atomic E-state index is -0.468. The third-order valence-corrected chi connectivity index (χ3v) is 3.82. The summed E-state index contributed by atoms with van der Waals surface area (Å²) < 4.78 is 11.0. The number of aliphatic hydroxyl groups is 1. The van der Waals surface area contributed by atoms with Crippen LogP contribution in [-0.2, 0) is 9.47 Å². The van der Waals surface area contributed by atoms with Gasteiger partial charge in [-0.2, -0.15) is 0 Å². The van der Waals surface area contributed by atoms with E-state index in [1.165, 1.54) is 19.3 Å². The molecule has 0 aliphatic heterocycles. The first kappa shape index (κ1) is 14.9. The number of ether oxygens (including phenoxy) is 2. The van der Waals surface area contributed by atoms with E-state index in [1.807, 2.05) is 13.8 Å². The first-order chi connectivity index (χ1) is 8.22. The van der Waals surface area contributed by atoms with Crippen molar-refractivity contribution in [2.45, 2.75) is 65.3 Å². The molecule has 1 fully saturated rings. The predicted octanol–water partition coefficient (Wildman–Crippen LogP) is 2.96. The fourth-order valence-electron chi connectivity index (χ4n) is 2.81. The van der Waals surface area contributed by atoms with Crippen LogP contribution in [0.4, 0.5) is 0 Å². The Balaban J connectivity index is 2.49. The summed E-state index contributed by atoms with van der Waals surface area (Å²) in [6.07, 6.45) is 5.08. The van der Waals surface area contributed by atoms with Crippen molar-refractivity contribution in [2.24, 2.45) is 11.8 Å². The molecule has 0 radical (unpaired) electrons. The van der Waals surface area contributed by atoms with Crippen LogP contribution >= 0.6 is 0 Å². The fraction of sp³-hybridized carbons (Fsp3) is 1.00. The molecule has 3 nitrogen and oxygen atoms in total. The standard InChI is InChI=1S/C14H28O3/c1-4-11-8-7-9-12(10-11)13(15)14(16-5-2)17-6-3/h11-15H,4-10H2,1-3H3. The minimum Gasteiger partial charge on any atom is -0.388 e. The summed E-state index contributed by atoms with van der Waals surface area (Å²) in [6, 6.07) is 0. The molecule has 1 rings (SSSR count). The second kappa shape index (κ2) is 8.06. The molecule has 3 unspecified atom stereocenters. The highest BCUT2D eigenvalue weighted by atomic mass is 16.7. The lowest BCUT2D eigenvalue weighted by atomic mass is 9.77. The second-order valence-corrected chi connectivity index (χ2v) is 4.97. The summed E-state index contributed by atoms with van der Waals surface area (Å²) >= 11 is 0. The second-order valence-electron chi connectivity index (χ2n) is 4.97. The maximum atomic E-state index is 10.4. The van der Waals surface area contributed by atoms with Crippen LogP contribution in [0.2, 0.25) is 0 Å². The minimum absolute atomic E-state index is 0.344. The molecule has 0 saturated heterocycles. The Kier molecular flexibility index (Phi) is 7.09. The Bertz CT molecular complexity index is 190. The summed E-state index contributed by atoms with van der Waals surface area (Å²) in [5.41, 5.74) is 0. The largest absolute Gasteiger partial charge is 0.388 e. The van der Waals surface area contributed by atoms with Crippen molar-refractivity contribution in [3.63, 3.8) is 0 Å². The molecule has 17 heavy (non-hydrogen) atoms. The number of hydrogen-bond donors (Lipinski definition) is 1. The van der Waals surface area contributed by atoms with Crippen LogP contribution in [0.1, 0.15) is 52.9 Å². The van der Waals surface area contributed by atoms with Gasteiger partial charge in [0.15, 0.2) is 6.29 Å². The van der Waals surface area contributed by atoms with Crippen LogP contribution in [0, 0.1) is 11.8 Å². The number of aliphatic hydroxyl groups excluding tert-OH is 1. The number of rotatable bonds is 7. The third-order valence-electron chi connectivity index (χ3n) is 3.82. The summed E-state index contributed by atoms with van der Waals surface area (Å²) in [5, 5.41) is 10.4. The monoisotopic (exact) mass is 244 g/mol. The van der Waals surface area contributed by atoms with Crippen LogP contribution in [0.25, 0.3) is 0 Å². The molecular weight excluding hydrogens is 216 g/mol. The zero-order chi connectivity index (χ0) is 12.7. The molecule has 0 spiro atoms. The zero-order valence-corrected chi connectivity index (χ0v) is 11.5. The molecule has 3 atom stereocenters. The van der Waals surface area contributed by atoms with Gasteiger partial charge in [-0.1, -0.05) is 26.2 Å². The van der Waals surface area contributed by atoms with E-state index in [2.05, 4.69) is 6.92 Å². The molecule has 0 heterocycles. The summed E-state index contributed by atoms with van der Waals surface area (Å²) in [5.74, 6) is 1.11. The molecule has 3 heteroatoms. The molecule has 102 valence electrons. The Morgan fingerprint density at radius 2 is 1.76 bits per heavy atom. The third kappa shape index (κ3) is 4.57. The van der Waals surface area contributed by atoms with Gasteiger partial charge in [-0.15, -0.1) is 0 Å². The van der Waals surface area contributed by atoms with Gasteiger partial charge in [0.25, 0.3) is 0 Å². The van der Waals surface area contributed by atoms with Crippen LogP contribution < -0.4 is 0 Å². The van der Waals surface area contributed by atoms with Gasteiger partial charge >= 0.3 is 0 Å². The van der Waals surface area contributed by atoms with Crippen molar-refractivity contribution in [2.75, 3.05) is 13.2 Å². The summed E-state index contributed by atoms with van der Waals surface area (Å²) in [6.45, 7) is 7.29. The van der Waals surface area contributed by atoms with Crippen molar-refractivity contribution in [3.8, 4) is 0 Å². The van der Waals surface area contributed by atoms with Crippen molar-refractivity contribution >= 4 is 0 Å². The Morgan fingerprint density at radius 1 is 1.12 bits per heavy atom. The van der Waals surface area contributed by atoms with Gasteiger partial charge < -0.3 is 14.6 Å². The zero-order valence-electron chi connectivity index (χ0n) is 11.5. The van der Waals surface area contributed by atoms with E-state index in [9.17, 15) is 5.11 Å².